The van der Waals surface area contributed by atoms with Crippen molar-refractivity contribution in [3.05, 3.63) is 59.2 Å². The van der Waals surface area contributed by atoms with Crippen molar-refractivity contribution in [2.75, 3.05) is 47.2 Å². The van der Waals surface area contributed by atoms with Crippen LogP contribution in [0.1, 0.15) is 23.6 Å². The Bertz CT molecular complexity index is 794. The molecule has 2 aromatic carbocycles. The lowest BCUT2D eigenvalue weighted by Gasteiger charge is -2.16. The smallest absolute Gasteiger partial charge is 0.191 e. The average molecular weight is 430 g/mol. The van der Waals surface area contributed by atoms with Gasteiger partial charge >= 0.3 is 0 Å². The fraction of sp³-hybridized carbons (Fsp3) is 0.458. The third-order valence-corrected chi connectivity index (χ3v) is 4.52. The number of guanidine groups is 1. The van der Waals surface area contributed by atoms with E-state index in [0.717, 1.165) is 34.1 Å². The summed E-state index contributed by atoms with van der Waals surface area (Å²) >= 11 is 0. The van der Waals surface area contributed by atoms with E-state index in [1.807, 2.05) is 31.2 Å². The first-order chi connectivity index (χ1) is 15.2. The summed E-state index contributed by atoms with van der Waals surface area (Å²) in [5, 5.41) is 6.69. The molecule has 31 heavy (non-hydrogen) atoms. The van der Waals surface area contributed by atoms with Crippen molar-refractivity contribution < 1.29 is 18.9 Å². The molecule has 0 aliphatic carbocycles. The van der Waals surface area contributed by atoms with E-state index < -0.39 is 0 Å². The molecule has 2 aromatic rings. The highest BCUT2D eigenvalue weighted by molar-refractivity contribution is 5.79. The van der Waals surface area contributed by atoms with Gasteiger partial charge in [0.25, 0.3) is 0 Å². The lowest BCUT2D eigenvalue weighted by atomic mass is 10.1. The molecule has 0 spiro atoms. The summed E-state index contributed by atoms with van der Waals surface area (Å²) in [5.41, 5.74) is 3.37. The van der Waals surface area contributed by atoms with Crippen LogP contribution in [0.15, 0.2) is 47.5 Å². The second-order valence-electron chi connectivity index (χ2n) is 6.92. The van der Waals surface area contributed by atoms with Crippen molar-refractivity contribution in [3.63, 3.8) is 0 Å². The van der Waals surface area contributed by atoms with Crippen LogP contribution >= 0.6 is 0 Å². The zero-order valence-corrected chi connectivity index (χ0v) is 19.1. The predicted molar refractivity (Wildman–Crippen MR) is 124 cm³/mol. The van der Waals surface area contributed by atoms with Crippen molar-refractivity contribution in [3.8, 4) is 11.5 Å². The summed E-state index contributed by atoms with van der Waals surface area (Å²) in [6, 6.07) is 14.2. The first-order valence-corrected chi connectivity index (χ1v) is 10.6. The summed E-state index contributed by atoms with van der Waals surface area (Å²) in [5.74, 6) is 2.42. The highest BCUT2D eigenvalue weighted by atomic mass is 16.5. The molecule has 0 heterocycles. The molecular formula is C24H35N3O4. The van der Waals surface area contributed by atoms with E-state index in [1.165, 1.54) is 0 Å². The van der Waals surface area contributed by atoms with Crippen LogP contribution in [0.5, 0.6) is 11.5 Å². The Kier molecular flexibility index (Phi) is 11.3. The highest BCUT2D eigenvalue weighted by Gasteiger charge is 2.06. The second-order valence-corrected chi connectivity index (χ2v) is 6.92. The molecule has 170 valence electrons. The monoisotopic (exact) mass is 429 g/mol. The zero-order chi connectivity index (χ0) is 22.3. The van der Waals surface area contributed by atoms with Crippen LogP contribution in [-0.2, 0) is 22.6 Å². The maximum absolute atomic E-state index is 5.92. The lowest BCUT2D eigenvalue weighted by Crippen LogP contribution is -2.36. The van der Waals surface area contributed by atoms with Crippen molar-refractivity contribution in [1.29, 1.82) is 0 Å². The van der Waals surface area contributed by atoms with E-state index in [-0.39, 0.29) is 0 Å². The van der Waals surface area contributed by atoms with Crippen LogP contribution in [0, 0.1) is 6.92 Å². The Morgan fingerprint density at radius 2 is 1.65 bits per heavy atom. The number of nitrogens with one attached hydrogen (secondary N) is 2. The van der Waals surface area contributed by atoms with Crippen LogP contribution < -0.4 is 20.1 Å². The van der Waals surface area contributed by atoms with E-state index in [0.29, 0.717) is 46.1 Å². The van der Waals surface area contributed by atoms with Gasteiger partial charge in [0.2, 0.25) is 0 Å². The standard InChI is InChI=1S/C24H35N3O4/c1-5-29-13-15-31-23-16-19(2)6-9-21(23)18-27-24(25-3)26-17-20-7-10-22(11-8-20)30-14-12-28-4/h6-11,16H,5,12-15,17-18H2,1-4H3,(H2,25,26,27). The summed E-state index contributed by atoms with van der Waals surface area (Å²) in [4.78, 5) is 4.31. The molecule has 0 unspecified atom stereocenters. The molecule has 0 fully saturated rings. The van der Waals surface area contributed by atoms with E-state index in [1.54, 1.807) is 14.2 Å². The number of methoxy groups -OCH3 is 1. The fourth-order valence-electron chi connectivity index (χ4n) is 2.83. The Morgan fingerprint density at radius 1 is 0.903 bits per heavy atom. The molecule has 0 aromatic heterocycles. The molecule has 2 rings (SSSR count). The molecule has 7 nitrogen and oxygen atoms in total. The normalized spacial score (nSPS) is 11.3. The van der Waals surface area contributed by atoms with E-state index in [9.17, 15) is 0 Å². The quantitative estimate of drug-likeness (QED) is 0.289. The average Bonchev–Trinajstić information content (AvgIpc) is 2.79. The number of hydrogen-bond donors (Lipinski definition) is 2. The predicted octanol–water partition coefficient (Wildman–Crippen LogP) is 3.30. The van der Waals surface area contributed by atoms with Gasteiger partial charge in [-0.3, -0.25) is 4.99 Å². The van der Waals surface area contributed by atoms with E-state index in [2.05, 4.69) is 40.7 Å². The molecule has 0 saturated heterocycles. The van der Waals surface area contributed by atoms with Gasteiger partial charge in [-0.2, -0.15) is 0 Å². The van der Waals surface area contributed by atoms with Gasteiger partial charge in [-0.15, -0.1) is 0 Å². The molecule has 0 bridgehead atoms. The largest absolute Gasteiger partial charge is 0.491 e. The number of aliphatic imine (C=N–C) groups is 1. The van der Waals surface area contributed by atoms with Crippen molar-refractivity contribution in [2.45, 2.75) is 26.9 Å². The van der Waals surface area contributed by atoms with E-state index in [4.69, 9.17) is 18.9 Å². The maximum Gasteiger partial charge on any atom is 0.191 e. The summed E-state index contributed by atoms with van der Waals surface area (Å²) in [6.07, 6.45) is 0. The third-order valence-electron chi connectivity index (χ3n) is 4.52. The van der Waals surface area contributed by atoms with Gasteiger partial charge in [-0.05, 0) is 43.2 Å². The van der Waals surface area contributed by atoms with Gasteiger partial charge in [0, 0.05) is 39.4 Å². The van der Waals surface area contributed by atoms with Crippen LogP contribution in [0.4, 0.5) is 0 Å². The Hall–Kier alpha value is -2.77. The van der Waals surface area contributed by atoms with Crippen molar-refractivity contribution >= 4 is 5.96 Å². The van der Waals surface area contributed by atoms with Gasteiger partial charge in [-0.1, -0.05) is 24.3 Å². The molecule has 0 atom stereocenters. The molecule has 0 saturated carbocycles. The Labute approximate surface area is 185 Å². The number of nitrogens with zero attached hydrogens (tertiary/aromatic N) is 1. The number of aryl methyl sites for hydroxylation is 1. The summed E-state index contributed by atoms with van der Waals surface area (Å²) in [6.45, 7) is 8.22. The fourth-order valence-corrected chi connectivity index (χ4v) is 2.83. The first-order valence-electron chi connectivity index (χ1n) is 10.6. The Balaban J connectivity index is 1.84. The minimum absolute atomic E-state index is 0.530. The van der Waals surface area contributed by atoms with Gasteiger partial charge in [0.1, 0.15) is 24.7 Å². The summed E-state index contributed by atoms with van der Waals surface area (Å²) < 4.78 is 21.9. The van der Waals surface area contributed by atoms with Crippen LogP contribution in [-0.4, -0.2) is 53.2 Å². The van der Waals surface area contributed by atoms with Crippen LogP contribution in [0.2, 0.25) is 0 Å². The van der Waals surface area contributed by atoms with Crippen LogP contribution in [0.3, 0.4) is 0 Å². The number of ether oxygens (including phenoxy) is 4. The van der Waals surface area contributed by atoms with Gasteiger partial charge in [-0.25, -0.2) is 0 Å². The lowest BCUT2D eigenvalue weighted by molar-refractivity contribution is 0.110. The second kappa shape index (κ2) is 14.3. The van der Waals surface area contributed by atoms with Gasteiger partial charge in [0.05, 0.1) is 13.2 Å². The zero-order valence-electron chi connectivity index (χ0n) is 19.1. The van der Waals surface area contributed by atoms with Crippen molar-refractivity contribution in [1.82, 2.24) is 10.6 Å². The number of benzene rings is 2. The number of hydrogen-bond acceptors (Lipinski definition) is 5. The molecule has 0 radical (unpaired) electrons. The highest BCUT2D eigenvalue weighted by Crippen LogP contribution is 2.20. The molecular weight excluding hydrogens is 394 g/mol. The molecule has 0 aliphatic heterocycles. The molecule has 2 N–H and O–H groups in total. The maximum atomic E-state index is 5.92. The van der Waals surface area contributed by atoms with Crippen molar-refractivity contribution in [2.24, 2.45) is 4.99 Å². The van der Waals surface area contributed by atoms with Gasteiger partial charge in [0.15, 0.2) is 5.96 Å². The first kappa shape index (κ1) is 24.5. The molecule has 0 aliphatic rings. The topological polar surface area (TPSA) is 73.3 Å². The molecule has 7 heteroatoms. The van der Waals surface area contributed by atoms with Crippen LogP contribution in [0.25, 0.3) is 0 Å². The van der Waals surface area contributed by atoms with Gasteiger partial charge < -0.3 is 29.6 Å². The summed E-state index contributed by atoms with van der Waals surface area (Å²) in [7, 11) is 3.42. The minimum Gasteiger partial charge on any atom is -0.491 e. The number of rotatable bonds is 13. The molecule has 0 amide bonds. The van der Waals surface area contributed by atoms with E-state index >= 15 is 0 Å². The SMILES string of the molecule is CCOCCOc1cc(C)ccc1CNC(=NC)NCc1ccc(OCCOC)cc1. The minimum atomic E-state index is 0.530. The Morgan fingerprint density at radius 3 is 2.35 bits per heavy atom. The third kappa shape index (κ3) is 9.27.